The van der Waals surface area contributed by atoms with Crippen molar-refractivity contribution in [2.45, 2.75) is 362 Å². The molecule has 19 heteroatoms. The van der Waals surface area contributed by atoms with Crippen LogP contribution in [-0.4, -0.2) is 193 Å². The number of carbonyl (C=O) groups excluding carboxylic acids is 1. The lowest BCUT2D eigenvalue weighted by Crippen LogP contribution is -2.66. The minimum absolute atomic E-state index is 0.179. The number of ether oxygens (including phenoxy) is 6. The molecule has 3 fully saturated rings. The van der Waals surface area contributed by atoms with E-state index in [2.05, 4.69) is 141 Å². The first-order valence-electron chi connectivity index (χ1n) is 39.9. The lowest BCUT2D eigenvalue weighted by Gasteiger charge is -2.48. The predicted molar refractivity (Wildman–Crippen MR) is 410 cm³/mol. The Morgan fingerprint density at radius 2 is 0.670 bits per heavy atom. The summed E-state index contributed by atoms with van der Waals surface area (Å²) in [6.45, 7) is 1.60. The first kappa shape index (κ1) is 93.1. The normalized spacial score (nSPS) is 26.8. The number of rotatable bonds is 61. The van der Waals surface area contributed by atoms with Crippen LogP contribution in [0.3, 0.4) is 0 Å². The molecule has 0 saturated carbocycles. The highest BCUT2D eigenvalue weighted by atomic mass is 16.8. The molecule has 3 rings (SSSR count). The third-order valence-corrected chi connectivity index (χ3v) is 19.0. The van der Waals surface area contributed by atoms with E-state index in [1.165, 1.54) is 128 Å². The van der Waals surface area contributed by atoms with Gasteiger partial charge in [0.1, 0.15) is 73.2 Å². The molecule has 3 heterocycles. The first-order valence-corrected chi connectivity index (χ1v) is 39.9. The van der Waals surface area contributed by atoms with Gasteiger partial charge in [0.2, 0.25) is 5.91 Å². The number of hydrogen-bond donors (Lipinski definition) is 12. The molecule has 3 aliphatic rings. The number of carbonyl (C=O) groups is 1. The van der Waals surface area contributed by atoms with Gasteiger partial charge >= 0.3 is 0 Å². The van der Waals surface area contributed by atoms with Gasteiger partial charge in [0.25, 0.3) is 0 Å². The van der Waals surface area contributed by atoms with Gasteiger partial charge in [-0.1, -0.05) is 289 Å². The van der Waals surface area contributed by atoms with E-state index in [1.807, 2.05) is 6.08 Å². The maximum absolute atomic E-state index is 13.5. The SMILES string of the molecule is CC/C=C\C/C=C\C/C=C\C/C=C\C/C=C\C/C=C\C/C=C\C/C=C\C/C=C\C/C=C\CCCCC(=O)NC(COC1OC(CO)C(OC2OC(CO)C(OC3OC(CO)C(O)C(O)C3O)C(O)C2O)C(O)C1O)C(O)/C=C/CCCCCCCCCCCCCCCCCCCCCCCCC. The molecule has 0 aromatic carbocycles. The molecular weight excluding hydrogens is 1310 g/mol. The fourth-order valence-electron chi connectivity index (χ4n) is 12.6. The van der Waals surface area contributed by atoms with Gasteiger partial charge in [0.15, 0.2) is 18.9 Å². The Bertz CT molecular complexity index is 2380. The van der Waals surface area contributed by atoms with Gasteiger partial charge in [0.05, 0.1) is 38.6 Å². The number of hydrogen-bond acceptors (Lipinski definition) is 18. The van der Waals surface area contributed by atoms with Gasteiger partial charge in [-0.3, -0.25) is 4.79 Å². The van der Waals surface area contributed by atoms with Crippen molar-refractivity contribution in [3.63, 3.8) is 0 Å². The van der Waals surface area contributed by atoms with E-state index in [0.29, 0.717) is 6.42 Å². The molecule has 0 spiro atoms. The summed E-state index contributed by atoms with van der Waals surface area (Å²) < 4.78 is 34.4. The van der Waals surface area contributed by atoms with E-state index in [0.717, 1.165) is 103 Å². The molecule has 103 heavy (non-hydrogen) atoms. The highest BCUT2D eigenvalue weighted by Crippen LogP contribution is 2.33. The Morgan fingerprint density at radius 1 is 0.359 bits per heavy atom. The summed E-state index contributed by atoms with van der Waals surface area (Å²) >= 11 is 0. The zero-order valence-electron chi connectivity index (χ0n) is 63.0. The Kier molecular flexibility index (Phi) is 56.9. The van der Waals surface area contributed by atoms with Crippen molar-refractivity contribution >= 4 is 5.91 Å². The highest BCUT2D eigenvalue weighted by Gasteiger charge is 2.54. The zero-order chi connectivity index (χ0) is 74.6. The number of allylic oxidation sites excluding steroid dienone is 21. The second kappa shape index (κ2) is 62.9. The molecule has 3 aliphatic heterocycles. The van der Waals surface area contributed by atoms with Crippen LogP contribution in [0.15, 0.2) is 134 Å². The van der Waals surface area contributed by atoms with E-state index in [1.54, 1.807) is 6.08 Å². The molecule has 19 nitrogen and oxygen atoms in total. The molecule has 12 N–H and O–H groups in total. The monoisotopic (exact) mass is 1450 g/mol. The third-order valence-electron chi connectivity index (χ3n) is 19.0. The summed E-state index contributed by atoms with van der Waals surface area (Å²) in [5, 5.41) is 121. The summed E-state index contributed by atoms with van der Waals surface area (Å²) in [6.07, 6.45) is 62.8. The topological polar surface area (TPSA) is 307 Å². The van der Waals surface area contributed by atoms with Crippen LogP contribution in [0.5, 0.6) is 0 Å². The number of aliphatic hydroxyl groups is 11. The minimum Gasteiger partial charge on any atom is -0.394 e. The van der Waals surface area contributed by atoms with Crippen molar-refractivity contribution in [3.8, 4) is 0 Å². The van der Waals surface area contributed by atoms with Crippen LogP contribution in [0.25, 0.3) is 0 Å². The van der Waals surface area contributed by atoms with Crippen molar-refractivity contribution in [2.24, 2.45) is 0 Å². The van der Waals surface area contributed by atoms with Gasteiger partial charge in [-0.05, 0) is 96.3 Å². The smallest absolute Gasteiger partial charge is 0.220 e. The van der Waals surface area contributed by atoms with Gasteiger partial charge < -0.3 is 89.9 Å². The predicted octanol–water partition coefficient (Wildman–Crippen LogP) is 13.3. The highest BCUT2D eigenvalue weighted by molar-refractivity contribution is 5.76. The van der Waals surface area contributed by atoms with Gasteiger partial charge in [-0.2, -0.15) is 0 Å². The Balaban J connectivity index is 1.41. The van der Waals surface area contributed by atoms with E-state index in [4.69, 9.17) is 28.4 Å². The number of aliphatic hydroxyl groups excluding tert-OH is 11. The fraction of sp³-hybridized carbons (Fsp3) is 0.726. The van der Waals surface area contributed by atoms with Crippen molar-refractivity contribution in [2.75, 3.05) is 26.4 Å². The standard InChI is InChI=1S/C84H141NO18/c1-3-5-7-9-11-13-15-17-19-21-23-25-27-29-30-31-32-33-34-35-36-38-40-42-44-46-48-50-52-54-56-58-60-62-72(90)85-67(68(89)61-59-57-55-53-51-49-47-45-43-41-39-37-28-26-24-22-20-18-16-14-12-10-8-6-4-2)66-98-82-78(96)75(93)80(70(64-87)100-82)103-84-79(97)76(94)81(71(65-88)101-84)102-83-77(95)74(92)73(91)69(63-86)99-83/h5,7,11,13,17,19,23,25,29-30,32-33,35-36,40,42,46,48,52,54,59,61,67-71,73-84,86-89,91-97H,3-4,6,8-10,12,14-16,18,20-22,24,26-28,31,34,37-39,41,43-45,47,49-51,53,55-58,60,62-66H2,1-2H3,(H,85,90)/b7-5-,13-11-,19-17-,25-23-,30-29-,33-32-,36-35-,42-40-,48-46-,54-52-,61-59+. The van der Waals surface area contributed by atoms with Gasteiger partial charge in [-0.15, -0.1) is 0 Å². The molecular formula is C84H141NO18. The van der Waals surface area contributed by atoms with Crippen LogP contribution in [0.2, 0.25) is 0 Å². The van der Waals surface area contributed by atoms with E-state index < -0.39 is 124 Å². The maximum atomic E-state index is 13.5. The van der Waals surface area contributed by atoms with E-state index in [9.17, 15) is 61.0 Å². The molecule has 17 unspecified atom stereocenters. The summed E-state index contributed by atoms with van der Waals surface area (Å²) in [5.74, 6) is -0.321. The van der Waals surface area contributed by atoms with Crippen molar-refractivity contribution < 1.29 is 89.4 Å². The summed E-state index contributed by atoms with van der Waals surface area (Å²) in [6, 6.07) is -1.01. The van der Waals surface area contributed by atoms with E-state index >= 15 is 0 Å². The Hall–Kier alpha value is -4.07. The third kappa shape index (κ3) is 42.9. The fourth-order valence-corrected chi connectivity index (χ4v) is 12.6. The van der Waals surface area contributed by atoms with Gasteiger partial charge in [0, 0.05) is 6.42 Å². The summed E-state index contributed by atoms with van der Waals surface area (Å²) in [5.41, 5.74) is 0. The van der Waals surface area contributed by atoms with Crippen LogP contribution < -0.4 is 5.32 Å². The molecule has 0 bridgehead atoms. The average Bonchev–Trinajstić information content (AvgIpc) is 0.781. The van der Waals surface area contributed by atoms with Crippen LogP contribution in [0, 0.1) is 0 Å². The molecule has 0 aromatic rings. The Labute approximate surface area is 620 Å². The Morgan fingerprint density at radius 3 is 1.05 bits per heavy atom. The van der Waals surface area contributed by atoms with Crippen molar-refractivity contribution in [1.29, 1.82) is 0 Å². The second-order valence-electron chi connectivity index (χ2n) is 27.8. The molecule has 17 atom stereocenters. The van der Waals surface area contributed by atoms with Crippen LogP contribution in [-0.2, 0) is 33.2 Å². The van der Waals surface area contributed by atoms with Crippen molar-refractivity contribution in [3.05, 3.63) is 134 Å². The largest absolute Gasteiger partial charge is 0.394 e. The number of nitrogens with one attached hydrogen (secondary N) is 1. The molecule has 0 radical (unpaired) electrons. The number of unbranched alkanes of at least 4 members (excludes halogenated alkanes) is 25. The first-order chi connectivity index (χ1) is 50.3. The van der Waals surface area contributed by atoms with Crippen molar-refractivity contribution in [1.82, 2.24) is 5.32 Å². The number of amides is 1. The lowest BCUT2D eigenvalue weighted by atomic mass is 9.96. The zero-order valence-corrected chi connectivity index (χ0v) is 63.0. The molecule has 3 saturated heterocycles. The minimum atomic E-state index is -1.99. The van der Waals surface area contributed by atoms with Crippen LogP contribution in [0.1, 0.15) is 258 Å². The summed E-state index contributed by atoms with van der Waals surface area (Å²) in [7, 11) is 0. The molecule has 590 valence electrons. The van der Waals surface area contributed by atoms with E-state index in [-0.39, 0.29) is 18.9 Å². The lowest BCUT2D eigenvalue weighted by molar-refractivity contribution is -0.379. The second-order valence-corrected chi connectivity index (χ2v) is 27.8. The van der Waals surface area contributed by atoms with Gasteiger partial charge in [-0.25, -0.2) is 0 Å². The summed E-state index contributed by atoms with van der Waals surface area (Å²) in [4.78, 5) is 13.5. The maximum Gasteiger partial charge on any atom is 0.220 e. The molecule has 1 amide bonds. The van der Waals surface area contributed by atoms with Crippen LogP contribution >= 0.6 is 0 Å². The average molecular weight is 1450 g/mol. The molecule has 0 aromatic heterocycles. The van der Waals surface area contributed by atoms with Crippen LogP contribution in [0.4, 0.5) is 0 Å². The molecule has 0 aliphatic carbocycles. The quantitative estimate of drug-likeness (QED) is 0.0199.